The van der Waals surface area contributed by atoms with E-state index < -0.39 is 0 Å². The molecule has 0 radical (unpaired) electrons. The maximum absolute atomic E-state index is 4.98. The van der Waals surface area contributed by atoms with E-state index in [-0.39, 0.29) is 0 Å². The van der Waals surface area contributed by atoms with Crippen LogP contribution in [0.3, 0.4) is 0 Å². The van der Waals surface area contributed by atoms with Crippen molar-refractivity contribution in [3.05, 3.63) is 12.7 Å². The van der Waals surface area contributed by atoms with Gasteiger partial charge in [-0.3, -0.25) is 0 Å². The number of nitrogens with one attached hydrogen (secondary N) is 2. The van der Waals surface area contributed by atoms with E-state index in [9.17, 15) is 0 Å². The van der Waals surface area contributed by atoms with Gasteiger partial charge in [0.15, 0.2) is 5.11 Å². The molecule has 0 aromatic heterocycles. The molecule has 0 unspecified atom stereocenters. The van der Waals surface area contributed by atoms with Crippen molar-refractivity contribution in [3.8, 4) is 0 Å². The highest BCUT2D eigenvalue weighted by Crippen LogP contribution is 1.72. The van der Waals surface area contributed by atoms with Gasteiger partial charge in [-0.2, -0.15) is 0 Å². The Labute approximate surface area is 79.8 Å². The molecular weight excluding hydrogens is 170 g/mol. The summed E-state index contributed by atoms with van der Waals surface area (Å²) in [6.07, 6.45) is 1.78. The Kier molecular flexibility index (Phi) is 6.70. The van der Waals surface area contributed by atoms with Crippen LogP contribution >= 0.6 is 12.2 Å². The molecule has 2 N–H and O–H groups in total. The summed E-state index contributed by atoms with van der Waals surface area (Å²) in [5.41, 5.74) is 0. The zero-order valence-electron chi connectivity index (χ0n) is 7.76. The first-order valence-corrected chi connectivity index (χ1v) is 4.35. The van der Waals surface area contributed by atoms with Crippen molar-refractivity contribution in [3.63, 3.8) is 0 Å². The molecule has 0 rings (SSSR count). The van der Waals surface area contributed by atoms with E-state index in [0.717, 1.165) is 13.1 Å². The number of thiocarbonyl (C=S) groups is 1. The molecule has 0 atom stereocenters. The van der Waals surface area contributed by atoms with Crippen LogP contribution in [-0.2, 0) is 0 Å². The maximum Gasteiger partial charge on any atom is 0.166 e. The fraction of sp³-hybridized carbons (Fsp3) is 0.625. The largest absolute Gasteiger partial charge is 0.361 e. The molecule has 0 heterocycles. The number of hydrogen-bond donors (Lipinski definition) is 2. The van der Waals surface area contributed by atoms with Gasteiger partial charge in [0.25, 0.3) is 0 Å². The molecule has 0 saturated carbocycles. The van der Waals surface area contributed by atoms with Crippen LogP contribution in [0.4, 0.5) is 0 Å². The lowest BCUT2D eigenvalue weighted by molar-refractivity contribution is 0.412. The number of rotatable bonds is 5. The standard InChI is InChI=1S/C8H17N3S/c1-4-5-9-8(12)10-6-7-11(2)3/h4H,1,5-7H2,2-3H3,(H2,9,10,12). The smallest absolute Gasteiger partial charge is 0.166 e. The van der Waals surface area contributed by atoms with Crippen LogP contribution in [0.1, 0.15) is 0 Å². The Morgan fingerprint density at radius 3 is 2.67 bits per heavy atom. The molecule has 0 aliphatic rings. The fourth-order valence-corrected chi connectivity index (χ4v) is 0.806. The summed E-state index contributed by atoms with van der Waals surface area (Å²) < 4.78 is 0. The van der Waals surface area contributed by atoms with Crippen molar-refractivity contribution in [2.45, 2.75) is 0 Å². The Bertz CT molecular complexity index is 145. The Morgan fingerprint density at radius 2 is 2.17 bits per heavy atom. The zero-order valence-corrected chi connectivity index (χ0v) is 8.58. The van der Waals surface area contributed by atoms with Gasteiger partial charge in [-0.1, -0.05) is 6.08 Å². The molecule has 0 fully saturated rings. The lowest BCUT2D eigenvalue weighted by Crippen LogP contribution is -2.38. The van der Waals surface area contributed by atoms with Crippen LogP contribution < -0.4 is 10.6 Å². The molecule has 0 aromatic carbocycles. The van der Waals surface area contributed by atoms with E-state index in [0.29, 0.717) is 11.7 Å². The number of hydrogen-bond acceptors (Lipinski definition) is 2. The average molecular weight is 187 g/mol. The summed E-state index contributed by atoms with van der Waals surface area (Å²) in [5, 5.41) is 6.76. The molecule has 70 valence electrons. The van der Waals surface area contributed by atoms with Gasteiger partial charge < -0.3 is 15.5 Å². The van der Waals surface area contributed by atoms with Crippen molar-refractivity contribution in [2.24, 2.45) is 0 Å². The maximum atomic E-state index is 4.98. The number of nitrogens with zero attached hydrogens (tertiary/aromatic N) is 1. The summed E-state index contributed by atoms with van der Waals surface area (Å²) in [6, 6.07) is 0. The quantitative estimate of drug-likeness (QED) is 0.475. The molecule has 0 amide bonds. The van der Waals surface area contributed by atoms with E-state index in [4.69, 9.17) is 12.2 Å². The van der Waals surface area contributed by atoms with Gasteiger partial charge in [0.1, 0.15) is 0 Å². The normalized spacial score (nSPS) is 9.58. The molecule has 12 heavy (non-hydrogen) atoms. The number of likely N-dealkylation sites (N-methyl/N-ethyl adjacent to an activating group) is 1. The molecular formula is C8H17N3S. The summed E-state index contributed by atoms with van der Waals surface area (Å²) in [7, 11) is 4.06. The molecule has 0 saturated heterocycles. The molecule has 0 aromatic rings. The molecule has 3 nitrogen and oxygen atoms in total. The minimum atomic E-state index is 0.691. The Balaban J connectivity index is 3.25. The predicted molar refractivity (Wildman–Crippen MR) is 57.4 cm³/mol. The topological polar surface area (TPSA) is 27.3 Å². The lowest BCUT2D eigenvalue weighted by Gasteiger charge is -2.12. The van der Waals surface area contributed by atoms with Gasteiger partial charge in [-0.15, -0.1) is 6.58 Å². The molecule has 4 heteroatoms. The van der Waals surface area contributed by atoms with Crippen LogP contribution in [0.15, 0.2) is 12.7 Å². The highest BCUT2D eigenvalue weighted by molar-refractivity contribution is 7.80. The van der Waals surface area contributed by atoms with Gasteiger partial charge in [0.05, 0.1) is 0 Å². The molecule has 0 bridgehead atoms. The van der Waals surface area contributed by atoms with Gasteiger partial charge in [0.2, 0.25) is 0 Å². The second kappa shape index (κ2) is 7.06. The molecule has 0 aliphatic carbocycles. The summed E-state index contributed by atoms with van der Waals surface area (Å²) in [5.74, 6) is 0. The van der Waals surface area contributed by atoms with Crippen molar-refractivity contribution >= 4 is 17.3 Å². The van der Waals surface area contributed by atoms with Gasteiger partial charge in [0, 0.05) is 19.6 Å². The van der Waals surface area contributed by atoms with Crippen LogP contribution in [0, 0.1) is 0 Å². The van der Waals surface area contributed by atoms with Crippen LogP contribution in [0.2, 0.25) is 0 Å². The SMILES string of the molecule is C=CCNC(=S)NCCN(C)C. The van der Waals surface area contributed by atoms with Crippen LogP contribution in [-0.4, -0.2) is 43.7 Å². The third kappa shape index (κ3) is 7.50. The van der Waals surface area contributed by atoms with E-state index >= 15 is 0 Å². The zero-order chi connectivity index (χ0) is 9.40. The van der Waals surface area contributed by atoms with Crippen molar-refractivity contribution in [1.29, 1.82) is 0 Å². The molecule has 0 aliphatic heterocycles. The first kappa shape index (κ1) is 11.4. The van der Waals surface area contributed by atoms with Gasteiger partial charge in [-0.25, -0.2) is 0 Å². The first-order valence-electron chi connectivity index (χ1n) is 3.94. The third-order valence-corrected chi connectivity index (χ3v) is 1.54. The third-order valence-electron chi connectivity index (χ3n) is 1.25. The van der Waals surface area contributed by atoms with Crippen molar-refractivity contribution in [1.82, 2.24) is 15.5 Å². The highest BCUT2D eigenvalue weighted by Gasteiger charge is 1.92. The summed E-state index contributed by atoms with van der Waals surface area (Å²) >= 11 is 4.98. The van der Waals surface area contributed by atoms with Gasteiger partial charge in [-0.05, 0) is 26.3 Å². The van der Waals surface area contributed by atoms with Crippen molar-refractivity contribution < 1.29 is 0 Å². The van der Waals surface area contributed by atoms with Gasteiger partial charge >= 0.3 is 0 Å². The monoisotopic (exact) mass is 187 g/mol. The van der Waals surface area contributed by atoms with Crippen LogP contribution in [0.5, 0.6) is 0 Å². The van der Waals surface area contributed by atoms with E-state index in [1.54, 1.807) is 6.08 Å². The first-order chi connectivity index (χ1) is 5.66. The minimum absolute atomic E-state index is 0.691. The van der Waals surface area contributed by atoms with Crippen molar-refractivity contribution in [2.75, 3.05) is 33.7 Å². The summed E-state index contributed by atoms with van der Waals surface area (Å²) in [6.45, 7) is 6.15. The Morgan fingerprint density at radius 1 is 1.50 bits per heavy atom. The average Bonchev–Trinajstić information content (AvgIpc) is 2.00. The Hall–Kier alpha value is -0.610. The lowest BCUT2D eigenvalue weighted by atomic mass is 10.6. The fourth-order valence-electron chi connectivity index (χ4n) is 0.620. The minimum Gasteiger partial charge on any atom is -0.361 e. The molecule has 0 spiro atoms. The second-order valence-electron chi connectivity index (χ2n) is 2.73. The second-order valence-corrected chi connectivity index (χ2v) is 3.14. The van der Waals surface area contributed by atoms with E-state index in [1.165, 1.54) is 0 Å². The summed E-state index contributed by atoms with van der Waals surface area (Å²) in [4.78, 5) is 2.10. The van der Waals surface area contributed by atoms with E-state index in [1.807, 2.05) is 14.1 Å². The highest BCUT2D eigenvalue weighted by atomic mass is 32.1. The van der Waals surface area contributed by atoms with E-state index in [2.05, 4.69) is 22.1 Å². The predicted octanol–water partition coefficient (Wildman–Crippen LogP) is 0.198. The van der Waals surface area contributed by atoms with Crippen LogP contribution in [0.25, 0.3) is 0 Å².